The number of rotatable bonds is 8. The first-order valence-electron chi connectivity index (χ1n) is 4.58. The van der Waals surface area contributed by atoms with Gasteiger partial charge in [0.05, 0.1) is 12.7 Å². The molecule has 0 amide bonds. The van der Waals surface area contributed by atoms with Crippen LogP contribution in [-0.2, 0) is 18.2 Å². The van der Waals surface area contributed by atoms with Crippen LogP contribution in [0.5, 0.6) is 0 Å². The van der Waals surface area contributed by atoms with E-state index in [1.165, 1.54) is 0 Å². The third-order valence-corrected chi connectivity index (χ3v) is 2.65. The lowest BCUT2D eigenvalue weighted by atomic mass is 10.2. The van der Waals surface area contributed by atoms with Crippen LogP contribution in [0.4, 0.5) is 0 Å². The molecule has 1 atom stereocenters. The van der Waals surface area contributed by atoms with E-state index >= 15 is 0 Å². The number of hydrogen-bond donors (Lipinski definition) is 4. The minimum Gasteiger partial charge on any atom is -0.303 e. The summed E-state index contributed by atoms with van der Waals surface area (Å²) in [5, 5.41) is 0. The molecule has 8 nitrogen and oxygen atoms in total. The van der Waals surface area contributed by atoms with Gasteiger partial charge < -0.3 is 19.6 Å². The van der Waals surface area contributed by atoms with E-state index in [1.54, 1.807) is 0 Å². The van der Waals surface area contributed by atoms with Crippen molar-refractivity contribution in [2.24, 2.45) is 0 Å². The van der Waals surface area contributed by atoms with E-state index in [1.807, 2.05) is 6.92 Å². The largest absolute Gasteiger partial charge is 0.469 e. The zero-order chi connectivity index (χ0) is 12.8. The molecule has 0 heterocycles. The van der Waals surface area contributed by atoms with Crippen LogP contribution in [0.15, 0.2) is 0 Å². The third-order valence-electron chi connectivity index (χ3n) is 1.59. The van der Waals surface area contributed by atoms with Gasteiger partial charge in [0.1, 0.15) is 0 Å². The predicted molar refractivity (Wildman–Crippen MR) is 54.4 cm³/mol. The highest BCUT2D eigenvalue weighted by atomic mass is 31.2. The highest BCUT2D eigenvalue weighted by Gasteiger charge is 2.25. The van der Waals surface area contributed by atoms with Crippen molar-refractivity contribution in [1.29, 1.82) is 0 Å². The van der Waals surface area contributed by atoms with Gasteiger partial charge in [-0.2, -0.15) is 0 Å². The smallest absolute Gasteiger partial charge is 0.303 e. The zero-order valence-electron chi connectivity index (χ0n) is 8.72. The molecule has 0 bridgehead atoms. The first-order valence-corrected chi connectivity index (χ1v) is 7.64. The summed E-state index contributed by atoms with van der Waals surface area (Å²) in [5.74, 6) is 0. The molecule has 0 saturated carbocycles. The van der Waals surface area contributed by atoms with Gasteiger partial charge in [0.2, 0.25) is 0 Å². The molecular formula is C6H16O8P2. The van der Waals surface area contributed by atoms with E-state index in [0.717, 1.165) is 6.42 Å². The summed E-state index contributed by atoms with van der Waals surface area (Å²) in [4.78, 5) is 34.0. The Labute approximate surface area is 93.1 Å². The molecule has 0 saturated heterocycles. The molecule has 10 heteroatoms. The minimum atomic E-state index is -4.68. The van der Waals surface area contributed by atoms with Gasteiger partial charge in [-0.15, -0.1) is 0 Å². The third kappa shape index (κ3) is 10.7. The molecule has 4 N–H and O–H groups in total. The van der Waals surface area contributed by atoms with Gasteiger partial charge in [-0.1, -0.05) is 19.8 Å². The van der Waals surface area contributed by atoms with Crippen molar-refractivity contribution in [3.05, 3.63) is 0 Å². The average molecular weight is 278 g/mol. The van der Waals surface area contributed by atoms with Gasteiger partial charge in [-0.25, -0.2) is 9.13 Å². The second-order valence-corrected chi connectivity index (χ2v) is 5.58. The lowest BCUT2D eigenvalue weighted by Crippen LogP contribution is -2.18. The molecule has 0 aromatic heterocycles. The van der Waals surface area contributed by atoms with Crippen LogP contribution in [0.25, 0.3) is 0 Å². The number of unbranched alkanes of at least 4 members (excludes halogenated alkanes) is 1. The summed E-state index contributed by atoms with van der Waals surface area (Å²) < 4.78 is 29.4. The Hall–Kier alpha value is 0.220. The Balaban J connectivity index is 4.21. The molecular weight excluding hydrogens is 262 g/mol. The Kier molecular flexibility index (Phi) is 6.93. The molecule has 0 fully saturated rings. The maximum absolute atomic E-state index is 10.6. The molecule has 1 unspecified atom stereocenters. The summed E-state index contributed by atoms with van der Waals surface area (Å²) in [6, 6.07) is 0. The average Bonchev–Trinajstić information content (AvgIpc) is 2.06. The first-order chi connectivity index (χ1) is 7.14. The Morgan fingerprint density at radius 1 is 1.12 bits per heavy atom. The molecule has 0 spiro atoms. The van der Waals surface area contributed by atoms with E-state index in [2.05, 4.69) is 9.05 Å². The Morgan fingerprint density at radius 3 is 2.06 bits per heavy atom. The summed E-state index contributed by atoms with van der Waals surface area (Å²) >= 11 is 0. The van der Waals surface area contributed by atoms with E-state index in [9.17, 15) is 9.13 Å². The zero-order valence-corrected chi connectivity index (χ0v) is 10.5. The lowest BCUT2D eigenvalue weighted by molar-refractivity contribution is 0.0672. The fraction of sp³-hybridized carbons (Fsp3) is 1.00. The summed E-state index contributed by atoms with van der Waals surface area (Å²) in [6.07, 6.45) is 0.585. The molecule has 0 radical (unpaired) electrons. The van der Waals surface area contributed by atoms with Gasteiger partial charge in [-0.3, -0.25) is 9.05 Å². The van der Waals surface area contributed by atoms with Crippen molar-refractivity contribution in [3.63, 3.8) is 0 Å². The van der Waals surface area contributed by atoms with Crippen molar-refractivity contribution in [1.82, 2.24) is 0 Å². The highest BCUT2D eigenvalue weighted by Crippen LogP contribution is 2.41. The second-order valence-electron chi connectivity index (χ2n) is 3.15. The maximum atomic E-state index is 10.6. The maximum Gasteiger partial charge on any atom is 0.469 e. The fourth-order valence-electron chi connectivity index (χ4n) is 0.973. The number of phosphoric acid groups is 2. The minimum absolute atomic E-state index is 0.252. The normalized spacial score (nSPS) is 15.1. The summed E-state index contributed by atoms with van der Waals surface area (Å²) in [5.41, 5.74) is 0. The molecule has 0 aliphatic rings. The van der Waals surface area contributed by atoms with E-state index in [0.29, 0.717) is 6.42 Å². The molecule has 16 heavy (non-hydrogen) atoms. The van der Waals surface area contributed by atoms with Crippen LogP contribution in [0, 0.1) is 0 Å². The second kappa shape index (κ2) is 6.83. The van der Waals surface area contributed by atoms with Crippen molar-refractivity contribution in [3.8, 4) is 0 Å². The van der Waals surface area contributed by atoms with Crippen LogP contribution >= 0.6 is 15.6 Å². The first kappa shape index (κ1) is 16.2. The summed E-state index contributed by atoms with van der Waals surface area (Å²) in [7, 11) is -9.33. The van der Waals surface area contributed by atoms with E-state index < -0.39 is 28.4 Å². The Bertz CT molecular complexity index is 280. The SMILES string of the molecule is CCCCC(COP(=O)(O)O)OP(=O)(O)O. The van der Waals surface area contributed by atoms with Crippen LogP contribution in [0.3, 0.4) is 0 Å². The van der Waals surface area contributed by atoms with E-state index in [4.69, 9.17) is 19.6 Å². The van der Waals surface area contributed by atoms with Crippen LogP contribution in [-0.4, -0.2) is 32.3 Å². The van der Waals surface area contributed by atoms with Gasteiger partial charge in [-0.05, 0) is 6.42 Å². The quantitative estimate of drug-likeness (QED) is 0.478. The Morgan fingerprint density at radius 2 is 1.69 bits per heavy atom. The van der Waals surface area contributed by atoms with Crippen LogP contribution < -0.4 is 0 Å². The van der Waals surface area contributed by atoms with Crippen molar-refractivity contribution in [2.45, 2.75) is 32.3 Å². The molecule has 0 aliphatic carbocycles. The van der Waals surface area contributed by atoms with E-state index in [-0.39, 0.29) is 6.42 Å². The van der Waals surface area contributed by atoms with Gasteiger partial charge >= 0.3 is 15.6 Å². The molecule has 98 valence electrons. The molecule has 0 aromatic rings. The van der Waals surface area contributed by atoms with Gasteiger partial charge in [0.25, 0.3) is 0 Å². The van der Waals surface area contributed by atoms with Gasteiger partial charge in [0.15, 0.2) is 0 Å². The monoisotopic (exact) mass is 278 g/mol. The lowest BCUT2D eigenvalue weighted by Gasteiger charge is -2.18. The van der Waals surface area contributed by atoms with Crippen LogP contribution in [0.1, 0.15) is 26.2 Å². The topological polar surface area (TPSA) is 134 Å². The van der Waals surface area contributed by atoms with Crippen molar-refractivity contribution >= 4 is 15.6 Å². The van der Waals surface area contributed by atoms with Crippen molar-refractivity contribution < 1.29 is 37.8 Å². The standard InChI is InChI=1S/C6H16O8P2/c1-2-3-4-6(14-16(10,11)12)5-13-15(7,8)9/h6H,2-5H2,1H3,(H2,7,8,9)(H2,10,11,12). The molecule has 0 aliphatic heterocycles. The van der Waals surface area contributed by atoms with Crippen molar-refractivity contribution in [2.75, 3.05) is 6.61 Å². The fourth-order valence-corrected chi connectivity index (χ4v) is 1.89. The van der Waals surface area contributed by atoms with Gasteiger partial charge in [0, 0.05) is 0 Å². The number of hydrogen-bond acceptors (Lipinski definition) is 4. The highest BCUT2D eigenvalue weighted by molar-refractivity contribution is 7.46. The summed E-state index contributed by atoms with van der Waals surface area (Å²) in [6.45, 7) is 1.30. The predicted octanol–water partition coefficient (Wildman–Crippen LogP) is 0.764. The van der Waals surface area contributed by atoms with Crippen LogP contribution in [0.2, 0.25) is 0 Å². The number of phosphoric ester groups is 2. The molecule has 0 rings (SSSR count). The molecule has 0 aromatic carbocycles.